The predicted octanol–water partition coefficient (Wildman–Crippen LogP) is 4.30. The molecular weight excluding hydrogens is 308 g/mol. The molecule has 0 saturated heterocycles. The third-order valence-electron chi connectivity index (χ3n) is 4.90. The average Bonchev–Trinajstić information content (AvgIpc) is 3.05. The molecule has 3 rings (SSSR count). The molecule has 1 heterocycles. The van der Waals surface area contributed by atoms with E-state index in [-0.39, 0.29) is 5.91 Å². The fourth-order valence-electron chi connectivity index (χ4n) is 3.16. The second-order valence-corrected chi connectivity index (χ2v) is 6.84. The maximum absolute atomic E-state index is 12.8. The van der Waals surface area contributed by atoms with Gasteiger partial charge in [0.2, 0.25) is 5.91 Å². The number of hydrogen-bond donors (Lipinski definition) is 2. The van der Waals surface area contributed by atoms with E-state index in [1.54, 1.807) is 0 Å². The fourth-order valence-corrected chi connectivity index (χ4v) is 3.16. The molecule has 0 aliphatic heterocycles. The van der Waals surface area contributed by atoms with Crippen molar-refractivity contribution >= 4 is 16.8 Å². The van der Waals surface area contributed by atoms with Gasteiger partial charge in [-0.15, -0.1) is 0 Å². The van der Waals surface area contributed by atoms with Gasteiger partial charge in [0.1, 0.15) is 0 Å². The van der Waals surface area contributed by atoms with Crippen LogP contribution in [-0.2, 0) is 17.6 Å². The van der Waals surface area contributed by atoms with Crippen LogP contribution >= 0.6 is 0 Å². The minimum Gasteiger partial charge on any atom is -0.361 e. The summed E-state index contributed by atoms with van der Waals surface area (Å²) >= 11 is 0. The van der Waals surface area contributed by atoms with E-state index >= 15 is 0 Å². The Balaban J connectivity index is 1.65. The number of nitrogens with one attached hydrogen (secondary N) is 2. The molecule has 1 atom stereocenters. The first kappa shape index (κ1) is 17.3. The average molecular weight is 333 g/mol. The van der Waals surface area contributed by atoms with E-state index in [1.807, 2.05) is 43.5 Å². The van der Waals surface area contributed by atoms with Crippen molar-refractivity contribution in [1.82, 2.24) is 10.3 Å². The molecule has 1 aromatic heterocycles. The molecule has 129 valence electrons. The highest BCUT2D eigenvalue weighted by atomic mass is 16.2. The number of fused-ring (bicyclic) bond motifs is 1. The molecule has 0 aliphatic carbocycles. The number of aromatic amines is 1. The van der Waals surface area contributed by atoms with Crippen LogP contribution in [0.25, 0.3) is 10.9 Å². The van der Waals surface area contributed by atoms with Crippen LogP contribution in [0.5, 0.6) is 0 Å². The maximum Gasteiger partial charge on any atom is 0.226 e. The fraction of sp³-hybridized carbons (Fsp3) is 0.273. The van der Waals surface area contributed by atoms with Crippen LogP contribution in [0.3, 0.4) is 0 Å². The summed E-state index contributed by atoms with van der Waals surface area (Å²) in [5.74, 6) is 0.0729. The second-order valence-electron chi connectivity index (χ2n) is 6.84. The topological polar surface area (TPSA) is 44.9 Å². The second kappa shape index (κ2) is 7.56. The lowest BCUT2D eigenvalue weighted by Crippen LogP contribution is -2.41. The highest BCUT2D eigenvalue weighted by Crippen LogP contribution is 2.30. The molecular formula is C22H25N2O. The van der Waals surface area contributed by atoms with E-state index in [0.717, 1.165) is 11.9 Å². The summed E-state index contributed by atoms with van der Waals surface area (Å²) in [7, 11) is 0. The Morgan fingerprint density at radius 2 is 1.84 bits per heavy atom. The molecule has 1 unspecified atom stereocenters. The lowest BCUT2D eigenvalue weighted by molar-refractivity contribution is -0.130. The zero-order valence-electron chi connectivity index (χ0n) is 14.7. The van der Waals surface area contributed by atoms with E-state index < -0.39 is 5.41 Å². The molecule has 3 nitrogen and oxygen atoms in total. The van der Waals surface area contributed by atoms with Gasteiger partial charge in [-0.3, -0.25) is 4.79 Å². The van der Waals surface area contributed by atoms with Gasteiger partial charge in [-0.1, -0.05) is 62.4 Å². The van der Waals surface area contributed by atoms with Crippen LogP contribution in [-0.4, -0.2) is 17.4 Å². The number of carbonyl (C=O) groups excluding carboxylic acids is 1. The van der Waals surface area contributed by atoms with Crippen molar-refractivity contribution < 1.29 is 4.79 Å². The highest BCUT2D eigenvalue weighted by Gasteiger charge is 2.32. The molecule has 0 aliphatic rings. The molecule has 0 saturated carbocycles. The normalized spacial score (nSPS) is 13.5. The van der Waals surface area contributed by atoms with Crippen LogP contribution in [0.2, 0.25) is 0 Å². The van der Waals surface area contributed by atoms with E-state index in [2.05, 4.69) is 41.5 Å². The number of hydrogen-bond acceptors (Lipinski definition) is 1. The molecule has 2 N–H and O–H groups in total. The van der Waals surface area contributed by atoms with Crippen molar-refractivity contribution in [3.05, 3.63) is 78.8 Å². The van der Waals surface area contributed by atoms with E-state index in [9.17, 15) is 4.79 Å². The van der Waals surface area contributed by atoms with Gasteiger partial charge < -0.3 is 10.3 Å². The van der Waals surface area contributed by atoms with Gasteiger partial charge in [-0.2, -0.15) is 0 Å². The van der Waals surface area contributed by atoms with Gasteiger partial charge in [-0.25, -0.2) is 0 Å². The number of carbonyl (C=O) groups is 1. The van der Waals surface area contributed by atoms with Gasteiger partial charge in [0.05, 0.1) is 5.41 Å². The molecule has 1 radical (unpaired) electrons. The standard InChI is InChI=1S/C22H25N2O/c1-3-22(2,15-18-16-24-20-12-8-7-11-19(18)20)21(25)23-14-13-17-9-5-4-6-10-17/h4-12,16,24H,1,3,13-15H2,2H3,(H,23,25). The summed E-state index contributed by atoms with van der Waals surface area (Å²) in [5.41, 5.74) is 2.99. The van der Waals surface area contributed by atoms with Crippen molar-refractivity contribution in [2.75, 3.05) is 6.54 Å². The van der Waals surface area contributed by atoms with Crippen molar-refractivity contribution in [1.29, 1.82) is 0 Å². The summed E-state index contributed by atoms with van der Waals surface area (Å²) in [6.45, 7) is 6.68. The van der Waals surface area contributed by atoms with Gasteiger partial charge in [0.25, 0.3) is 0 Å². The Labute approximate surface area is 149 Å². The number of amides is 1. The molecule has 3 heteroatoms. The van der Waals surface area contributed by atoms with Gasteiger partial charge >= 0.3 is 0 Å². The van der Waals surface area contributed by atoms with Crippen LogP contribution in [0.1, 0.15) is 24.5 Å². The summed E-state index contributed by atoms with van der Waals surface area (Å²) in [5, 5.41) is 4.27. The van der Waals surface area contributed by atoms with Crippen molar-refractivity contribution in [3.63, 3.8) is 0 Å². The Kier molecular flexibility index (Phi) is 5.22. The molecule has 3 aromatic rings. The minimum atomic E-state index is -0.512. The largest absolute Gasteiger partial charge is 0.361 e. The van der Waals surface area contributed by atoms with Gasteiger partial charge in [0.15, 0.2) is 0 Å². The quantitative estimate of drug-likeness (QED) is 0.665. The zero-order valence-corrected chi connectivity index (χ0v) is 14.7. The van der Waals surface area contributed by atoms with E-state index in [4.69, 9.17) is 0 Å². The summed E-state index contributed by atoms with van der Waals surface area (Å²) < 4.78 is 0. The molecule has 0 spiro atoms. The third-order valence-corrected chi connectivity index (χ3v) is 4.90. The minimum absolute atomic E-state index is 0.0729. The molecule has 0 fully saturated rings. The van der Waals surface area contributed by atoms with Crippen molar-refractivity contribution in [3.8, 4) is 0 Å². The van der Waals surface area contributed by atoms with Gasteiger partial charge in [0, 0.05) is 23.6 Å². The van der Waals surface area contributed by atoms with Crippen LogP contribution < -0.4 is 5.32 Å². The summed E-state index contributed by atoms with van der Waals surface area (Å²) in [6.07, 6.45) is 4.09. The first-order chi connectivity index (χ1) is 12.1. The van der Waals surface area contributed by atoms with Crippen LogP contribution in [0.15, 0.2) is 60.8 Å². The Morgan fingerprint density at radius 3 is 2.60 bits per heavy atom. The van der Waals surface area contributed by atoms with Crippen LogP contribution in [0, 0.1) is 12.3 Å². The molecule has 0 bridgehead atoms. The Morgan fingerprint density at radius 1 is 1.12 bits per heavy atom. The number of rotatable bonds is 7. The number of para-hydroxylation sites is 1. The molecule has 2 aromatic carbocycles. The summed E-state index contributed by atoms with van der Waals surface area (Å²) in [6, 6.07) is 18.4. The maximum atomic E-state index is 12.8. The predicted molar refractivity (Wildman–Crippen MR) is 103 cm³/mol. The summed E-state index contributed by atoms with van der Waals surface area (Å²) in [4.78, 5) is 16.1. The zero-order chi connectivity index (χ0) is 17.7. The first-order valence-corrected chi connectivity index (χ1v) is 8.79. The smallest absolute Gasteiger partial charge is 0.226 e. The highest BCUT2D eigenvalue weighted by molar-refractivity contribution is 5.86. The number of aromatic nitrogens is 1. The Bertz CT molecular complexity index is 837. The first-order valence-electron chi connectivity index (χ1n) is 8.79. The van der Waals surface area contributed by atoms with E-state index in [1.165, 1.54) is 16.5 Å². The van der Waals surface area contributed by atoms with Crippen LogP contribution in [0.4, 0.5) is 0 Å². The lowest BCUT2D eigenvalue weighted by atomic mass is 9.80. The monoisotopic (exact) mass is 333 g/mol. The lowest BCUT2D eigenvalue weighted by Gasteiger charge is -2.27. The number of benzene rings is 2. The molecule has 1 amide bonds. The Hall–Kier alpha value is -2.55. The number of H-pyrrole nitrogens is 1. The van der Waals surface area contributed by atoms with Gasteiger partial charge in [-0.05, 0) is 36.5 Å². The van der Waals surface area contributed by atoms with Crippen molar-refractivity contribution in [2.45, 2.75) is 26.2 Å². The van der Waals surface area contributed by atoms with Crippen molar-refractivity contribution in [2.24, 2.45) is 5.41 Å². The van der Waals surface area contributed by atoms with E-state index in [0.29, 0.717) is 19.4 Å². The third kappa shape index (κ3) is 3.93. The molecule has 25 heavy (non-hydrogen) atoms. The SMILES string of the molecule is [CH2]CC(C)(Cc1c[nH]c2ccccc12)C(=O)NCCc1ccccc1.